The Morgan fingerprint density at radius 3 is 2.65 bits per heavy atom. The van der Waals surface area contributed by atoms with Crippen LogP contribution in [0.3, 0.4) is 0 Å². The van der Waals surface area contributed by atoms with Crippen molar-refractivity contribution in [3.8, 4) is 6.07 Å². The molecule has 2 fully saturated rings. The maximum atomic E-state index is 12.6. The molecule has 20 heavy (non-hydrogen) atoms. The van der Waals surface area contributed by atoms with Crippen LogP contribution in [0.1, 0.15) is 6.42 Å². The van der Waals surface area contributed by atoms with E-state index in [0.29, 0.717) is 13.2 Å². The molecular formula is C14H16N2O4. The van der Waals surface area contributed by atoms with Crippen molar-refractivity contribution in [2.75, 3.05) is 19.7 Å². The molecule has 6 heteroatoms. The van der Waals surface area contributed by atoms with Gasteiger partial charge >= 0.3 is 5.97 Å². The number of nitriles is 1. The van der Waals surface area contributed by atoms with E-state index in [1.807, 2.05) is 18.2 Å². The summed E-state index contributed by atoms with van der Waals surface area (Å²) in [7, 11) is 0. The van der Waals surface area contributed by atoms with Gasteiger partial charge in [-0.1, -0.05) is 12.2 Å². The molecule has 1 amide bonds. The first-order chi connectivity index (χ1) is 9.61. The molecule has 1 aliphatic heterocycles. The number of amides is 1. The van der Waals surface area contributed by atoms with Crippen molar-refractivity contribution in [2.45, 2.75) is 12.5 Å². The molecule has 1 N–H and O–H groups in total. The maximum Gasteiger partial charge on any atom is 0.307 e. The van der Waals surface area contributed by atoms with Gasteiger partial charge in [0.25, 0.3) is 0 Å². The van der Waals surface area contributed by atoms with Crippen molar-refractivity contribution in [2.24, 2.45) is 23.7 Å². The Morgan fingerprint density at radius 2 is 2.00 bits per heavy atom. The standard InChI is InChI=1S/C14H16N2O4/c15-6-10-7-16(3-4-20-10)13(17)11-8-1-2-9(5-8)12(11)14(18)19/h1-2,8-12H,3-5,7H2,(H,18,19). The number of hydrogen-bond donors (Lipinski definition) is 1. The predicted octanol–water partition coefficient (Wildman–Crippen LogP) is 0.260. The summed E-state index contributed by atoms with van der Waals surface area (Å²) in [4.78, 5) is 25.6. The lowest BCUT2D eigenvalue weighted by Gasteiger charge is -2.34. The number of ether oxygens (including phenoxy) is 1. The van der Waals surface area contributed by atoms with Crippen LogP contribution in [0.15, 0.2) is 12.2 Å². The van der Waals surface area contributed by atoms with Crippen LogP contribution in [0.2, 0.25) is 0 Å². The molecule has 2 bridgehead atoms. The fourth-order valence-electron chi connectivity index (χ4n) is 3.63. The Hall–Kier alpha value is -1.87. The van der Waals surface area contributed by atoms with E-state index >= 15 is 0 Å². The minimum Gasteiger partial charge on any atom is -0.481 e. The highest BCUT2D eigenvalue weighted by Gasteiger charge is 2.52. The van der Waals surface area contributed by atoms with E-state index in [0.717, 1.165) is 6.42 Å². The Labute approximate surface area is 116 Å². The lowest BCUT2D eigenvalue weighted by atomic mass is 9.82. The van der Waals surface area contributed by atoms with Crippen LogP contribution in [0.25, 0.3) is 0 Å². The molecule has 0 radical (unpaired) electrons. The zero-order chi connectivity index (χ0) is 14.3. The number of carbonyl (C=O) groups is 2. The van der Waals surface area contributed by atoms with Crippen LogP contribution in [0, 0.1) is 35.0 Å². The maximum absolute atomic E-state index is 12.6. The molecular weight excluding hydrogens is 260 g/mol. The molecule has 3 aliphatic rings. The Morgan fingerprint density at radius 1 is 1.30 bits per heavy atom. The van der Waals surface area contributed by atoms with Gasteiger partial charge in [0, 0.05) is 6.54 Å². The zero-order valence-electron chi connectivity index (χ0n) is 10.9. The van der Waals surface area contributed by atoms with Gasteiger partial charge in [-0.3, -0.25) is 9.59 Å². The normalized spacial score (nSPS) is 38.8. The van der Waals surface area contributed by atoms with Gasteiger partial charge < -0.3 is 14.7 Å². The van der Waals surface area contributed by atoms with E-state index in [-0.39, 0.29) is 24.3 Å². The number of hydrogen-bond acceptors (Lipinski definition) is 4. The summed E-state index contributed by atoms with van der Waals surface area (Å²) < 4.78 is 5.22. The monoisotopic (exact) mass is 276 g/mol. The number of carboxylic acids is 1. The van der Waals surface area contributed by atoms with Gasteiger partial charge in [0.05, 0.1) is 31.1 Å². The summed E-state index contributed by atoms with van der Waals surface area (Å²) in [6.45, 7) is 0.999. The molecule has 0 spiro atoms. The Balaban J connectivity index is 1.78. The van der Waals surface area contributed by atoms with E-state index in [9.17, 15) is 14.7 Å². The molecule has 5 unspecified atom stereocenters. The molecule has 6 nitrogen and oxygen atoms in total. The summed E-state index contributed by atoms with van der Waals surface area (Å²) in [6, 6.07) is 2.00. The van der Waals surface area contributed by atoms with Crippen LogP contribution in [0.4, 0.5) is 0 Å². The first-order valence-electron chi connectivity index (χ1n) is 6.83. The van der Waals surface area contributed by atoms with Gasteiger partial charge in [-0.05, 0) is 18.3 Å². The molecule has 3 rings (SSSR count). The van der Waals surface area contributed by atoms with Crippen molar-refractivity contribution in [3.05, 3.63) is 12.2 Å². The number of allylic oxidation sites excluding steroid dienone is 2. The number of carboxylic acid groups (broad SMARTS) is 1. The summed E-state index contributed by atoms with van der Waals surface area (Å²) in [5.74, 6) is -2.15. The number of morpholine rings is 1. The Bertz CT molecular complexity index is 510. The fraction of sp³-hybridized carbons (Fsp3) is 0.643. The van der Waals surface area contributed by atoms with Gasteiger partial charge in [-0.2, -0.15) is 5.26 Å². The second kappa shape index (κ2) is 4.91. The van der Waals surface area contributed by atoms with Crippen molar-refractivity contribution in [1.29, 1.82) is 5.26 Å². The van der Waals surface area contributed by atoms with Crippen LogP contribution < -0.4 is 0 Å². The summed E-state index contributed by atoms with van der Waals surface area (Å²) in [5, 5.41) is 18.3. The van der Waals surface area contributed by atoms with Gasteiger partial charge in [0.1, 0.15) is 0 Å². The van der Waals surface area contributed by atoms with Gasteiger partial charge in [-0.15, -0.1) is 0 Å². The van der Waals surface area contributed by atoms with Gasteiger partial charge in [0.15, 0.2) is 6.10 Å². The molecule has 0 aromatic carbocycles. The van der Waals surface area contributed by atoms with E-state index in [2.05, 4.69) is 0 Å². The minimum absolute atomic E-state index is 0.0250. The van der Waals surface area contributed by atoms with Crippen LogP contribution >= 0.6 is 0 Å². The highest BCUT2D eigenvalue weighted by atomic mass is 16.5. The topological polar surface area (TPSA) is 90.6 Å². The van der Waals surface area contributed by atoms with Crippen molar-refractivity contribution < 1.29 is 19.4 Å². The van der Waals surface area contributed by atoms with Crippen molar-refractivity contribution in [1.82, 2.24) is 4.90 Å². The summed E-state index contributed by atoms with van der Waals surface area (Å²) in [6.07, 6.45) is 4.03. The molecule has 5 atom stereocenters. The second-order valence-corrected chi connectivity index (χ2v) is 5.61. The number of carbonyl (C=O) groups excluding carboxylic acids is 1. The van der Waals surface area contributed by atoms with Crippen LogP contribution in [-0.2, 0) is 14.3 Å². The highest BCUT2D eigenvalue weighted by Crippen LogP contribution is 2.48. The third-order valence-electron chi connectivity index (χ3n) is 4.55. The number of nitrogens with zero attached hydrogens (tertiary/aromatic N) is 2. The van der Waals surface area contributed by atoms with E-state index < -0.39 is 23.9 Å². The summed E-state index contributed by atoms with van der Waals surface area (Å²) in [5.41, 5.74) is 0. The predicted molar refractivity (Wildman–Crippen MR) is 67.3 cm³/mol. The lowest BCUT2D eigenvalue weighted by Crippen LogP contribution is -2.50. The van der Waals surface area contributed by atoms with Gasteiger partial charge in [0.2, 0.25) is 5.91 Å². The SMILES string of the molecule is N#CC1CN(C(=O)C2C3C=CC(C3)C2C(=O)O)CCO1. The van der Waals surface area contributed by atoms with Crippen molar-refractivity contribution >= 4 is 11.9 Å². The van der Waals surface area contributed by atoms with Crippen molar-refractivity contribution in [3.63, 3.8) is 0 Å². The average molecular weight is 276 g/mol. The van der Waals surface area contributed by atoms with Gasteiger partial charge in [-0.25, -0.2) is 0 Å². The molecule has 1 saturated carbocycles. The fourth-order valence-corrected chi connectivity index (χ4v) is 3.63. The first kappa shape index (κ1) is 13.1. The second-order valence-electron chi connectivity index (χ2n) is 5.61. The molecule has 106 valence electrons. The quantitative estimate of drug-likeness (QED) is 0.731. The smallest absolute Gasteiger partial charge is 0.307 e. The molecule has 0 aromatic heterocycles. The summed E-state index contributed by atoms with van der Waals surface area (Å²) >= 11 is 0. The minimum atomic E-state index is -0.898. The van der Waals surface area contributed by atoms with Crippen LogP contribution in [0.5, 0.6) is 0 Å². The third-order valence-corrected chi connectivity index (χ3v) is 4.55. The first-order valence-corrected chi connectivity index (χ1v) is 6.83. The number of aliphatic carboxylic acids is 1. The lowest BCUT2D eigenvalue weighted by molar-refractivity contribution is -0.153. The number of fused-ring (bicyclic) bond motifs is 2. The van der Waals surface area contributed by atoms with Crippen LogP contribution in [-0.4, -0.2) is 47.7 Å². The van der Waals surface area contributed by atoms with E-state index in [4.69, 9.17) is 10.00 Å². The third kappa shape index (κ3) is 1.98. The zero-order valence-corrected chi connectivity index (χ0v) is 10.9. The Kier molecular flexibility index (Phi) is 3.22. The molecule has 1 saturated heterocycles. The molecule has 1 heterocycles. The molecule has 0 aromatic rings. The largest absolute Gasteiger partial charge is 0.481 e. The number of rotatable bonds is 2. The molecule has 2 aliphatic carbocycles. The van der Waals surface area contributed by atoms with E-state index in [1.165, 1.54) is 0 Å². The van der Waals surface area contributed by atoms with E-state index in [1.54, 1.807) is 4.90 Å². The highest BCUT2D eigenvalue weighted by molar-refractivity contribution is 5.87. The average Bonchev–Trinajstić information content (AvgIpc) is 3.07.